The molecule has 0 amide bonds. The molecular formula is C9H19N3. The zero-order chi connectivity index (χ0) is 9.40. The predicted molar refractivity (Wildman–Crippen MR) is 55.0 cm³/mol. The molecule has 0 bridgehead atoms. The van der Waals surface area contributed by atoms with Crippen molar-refractivity contribution in [1.29, 1.82) is 0 Å². The zero-order valence-electron chi connectivity index (χ0n) is 8.30. The van der Waals surface area contributed by atoms with Crippen molar-refractivity contribution in [3.8, 4) is 0 Å². The first-order valence-electron chi connectivity index (χ1n) is 4.40. The largest absolute Gasteiger partial charge is 0.387 e. The molecule has 0 fully saturated rings. The first kappa shape index (κ1) is 11.1. The van der Waals surface area contributed by atoms with Gasteiger partial charge in [-0.15, -0.1) is 0 Å². The van der Waals surface area contributed by atoms with Crippen molar-refractivity contribution in [2.75, 3.05) is 14.1 Å². The Kier molecular flexibility index (Phi) is 6.34. The SMILES string of the molecule is CCCC(CCC(N)=NC)=NC. The second-order valence-corrected chi connectivity index (χ2v) is 2.75. The summed E-state index contributed by atoms with van der Waals surface area (Å²) >= 11 is 0. The van der Waals surface area contributed by atoms with E-state index in [0.717, 1.165) is 25.7 Å². The number of hydrogen-bond donors (Lipinski definition) is 1. The molecule has 0 aromatic heterocycles. The predicted octanol–water partition coefficient (Wildman–Crippen LogP) is 1.62. The molecule has 0 unspecified atom stereocenters. The Morgan fingerprint density at radius 2 is 1.75 bits per heavy atom. The maximum Gasteiger partial charge on any atom is 0.0937 e. The molecule has 2 N–H and O–H groups in total. The fourth-order valence-electron chi connectivity index (χ4n) is 1.02. The quantitative estimate of drug-likeness (QED) is 0.493. The number of aliphatic imine (C=N–C) groups is 2. The molecule has 0 aromatic carbocycles. The van der Waals surface area contributed by atoms with Gasteiger partial charge in [0.25, 0.3) is 0 Å². The van der Waals surface area contributed by atoms with Crippen LogP contribution in [0.25, 0.3) is 0 Å². The lowest BCUT2D eigenvalue weighted by atomic mass is 10.1. The molecule has 0 atom stereocenters. The van der Waals surface area contributed by atoms with Crippen LogP contribution in [-0.2, 0) is 0 Å². The van der Waals surface area contributed by atoms with Gasteiger partial charge in [0.2, 0.25) is 0 Å². The Balaban J connectivity index is 3.74. The van der Waals surface area contributed by atoms with Crippen molar-refractivity contribution in [2.24, 2.45) is 15.7 Å². The maximum absolute atomic E-state index is 5.57. The molecule has 70 valence electrons. The normalized spacial score (nSPS) is 13.6. The van der Waals surface area contributed by atoms with Gasteiger partial charge in [0.15, 0.2) is 0 Å². The highest BCUT2D eigenvalue weighted by molar-refractivity contribution is 5.89. The monoisotopic (exact) mass is 169 g/mol. The summed E-state index contributed by atoms with van der Waals surface area (Å²) in [5, 5.41) is 0. The van der Waals surface area contributed by atoms with Gasteiger partial charge in [0.1, 0.15) is 0 Å². The average Bonchev–Trinajstić information content (AvgIpc) is 2.11. The number of nitrogens with two attached hydrogens (primary N) is 1. The lowest BCUT2D eigenvalue weighted by Crippen LogP contribution is -2.13. The molecule has 0 heterocycles. The lowest BCUT2D eigenvalue weighted by molar-refractivity contribution is 0.946. The molecule has 12 heavy (non-hydrogen) atoms. The average molecular weight is 169 g/mol. The third-order valence-electron chi connectivity index (χ3n) is 1.81. The summed E-state index contributed by atoms with van der Waals surface area (Å²) < 4.78 is 0. The molecule has 0 rings (SSSR count). The zero-order valence-corrected chi connectivity index (χ0v) is 8.30. The van der Waals surface area contributed by atoms with Crippen molar-refractivity contribution in [3.05, 3.63) is 0 Å². The van der Waals surface area contributed by atoms with Crippen LogP contribution in [0, 0.1) is 0 Å². The summed E-state index contributed by atoms with van der Waals surface area (Å²) in [5.74, 6) is 0.715. The van der Waals surface area contributed by atoms with Crippen molar-refractivity contribution in [2.45, 2.75) is 32.6 Å². The van der Waals surface area contributed by atoms with Gasteiger partial charge in [-0.2, -0.15) is 0 Å². The van der Waals surface area contributed by atoms with E-state index < -0.39 is 0 Å². The van der Waals surface area contributed by atoms with E-state index in [4.69, 9.17) is 5.73 Å². The minimum absolute atomic E-state index is 0.715. The summed E-state index contributed by atoms with van der Waals surface area (Å²) in [4.78, 5) is 8.08. The molecule has 3 heteroatoms. The van der Waals surface area contributed by atoms with Crippen molar-refractivity contribution >= 4 is 11.5 Å². The first-order chi connectivity index (χ1) is 5.74. The molecule has 0 aliphatic carbocycles. The Hall–Kier alpha value is -0.860. The van der Waals surface area contributed by atoms with E-state index in [-0.39, 0.29) is 0 Å². The van der Waals surface area contributed by atoms with Crippen LogP contribution < -0.4 is 5.73 Å². The van der Waals surface area contributed by atoms with E-state index in [1.54, 1.807) is 7.05 Å². The number of rotatable bonds is 5. The molecule has 0 radical (unpaired) electrons. The topological polar surface area (TPSA) is 50.7 Å². The highest BCUT2D eigenvalue weighted by Crippen LogP contribution is 2.00. The van der Waals surface area contributed by atoms with Crippen LogP contribution in [0.2, 0.25) is 0 Å². The number of amidine groups is 1. The van der Waals surface area contributed by atoms with E-state index in [9.17, 15) is 0 Å². The molecule has 0 saturated heterocycles. The van der Waals surface area contributed by atoms with E-state index in [1.807, 2.05) is 7.05 Å². The Bertz CT molecular complexity index is 171. The summed E-state index contributed by atoms with van der Waals surface area (Å²) in [6, 6.07) is 0. The Morgan fingerprint density at radius 1 is 1.08 bits per heavy atom. The van der Waals surface area contributed by atoms with Crippen molar-refractivity contribution in [1.82, 2.24) is 0 Å². The lowest BCUT2D eigenvalue weighted by Gasteiger charge is -2.02. The van der Waals surface area contributed by atoms with Gasteiger partial charge >= 0.3 is 0 Å². The molecule has 0 aliphatic rings. The van der Waals surface area contributed by atoms with Crippen molar-refractivity contribution < 1.29 is 0 Å². The van der Waals surface area contributed by atoms with E-state index in [2.05, 4.69) is 16.9 Å². The number of hydrogen-bond acceptors (Lipinski definition) is 2. The standard InChI is InChI=1S/C9H19N3/c1-4-5-8(11-2)6-7-9(10)12-3/h4-7H2,1-3H3,(H2,10,12). The summed E-state index contributed by atoms with van der Waals surface area (Å²) in [6.45, 7) is 2.16. The first-order valence-corrected chi connectivity index (χ1v) is 4.40. The second-order valence-electron chi connectivity index (χ2n) is 2.75. The van der Waals surface area contributed by atoms with Crippen LogP contribution in [-0.4, -0.2) is 25.6 Å². The molecular weight excluding hydrogens is 150 g/mol. The summed E-state index contributed by atoms with van der Waals surface area (Å²) in [7, 11) is 3.56. The van der Waals surface area contributed by atoms with Crippen LogP contribution in [0.4, 0.5) is 0 Å². The third kappa shape index (κ3) is 4.88. The van der Waals surface area contributed by atoms with Crippen molar-refractivity contribution in [3.63, 3.8) is 0 Å². The molecule has 3 nitrogen and oxygen atoms in total. The third-order valence-corrected chi connectivity index (χ3v) is 1.81. The van der Waals surface area contributed by atoms with Gasteiger partial charge in [-0.1, -0.05) is 13.3 Å². The minimum atomic E-state index is 0.715. The van der Waals surface area contributed by atoms with Gasteiger partial charge in [0.05, 0.1) is 5.84 Å². The highest BCUT2D eigenvalue weighted by atomic mass is 14.8. The molecule has 0 aromatic rings. The minimum Gasteiger partial charge on any atom is -0.387 e. The summed E-state index contributed by atoms with van der Waals surface area (Å²) in [6.07, 6.45) is 4.01. The van der Waals surface area contributed by atoms with Gasteiger partial charge in [-0.05, 0) is 12.8 Å². The Morgan fingerprint density at radius 3 is 2.17 bits per heavy atom. The van der Waals surface area contributed by atoms with E-state index in [0.29, 0.717) is 5.84 Å². The van der Waals surface area contributed by atoms with Crippen LogP contribution in [0.5, 0.6) is 0 Å². The Labute approximate surface area is 74.8 Å². The van der Waals surface area contributed by atoms with E-state index >= 15 is 0 Å². The van der Waals surface area contributed by atoms with Crippen LogP contribution >= 0.6 is 0 Å². The van der Waals surface area contributed by atoms with Gasteiger partial charge in [-0.3, -0.25) is 9.98 Å². The molecule has 0 aliphatic heterocycles. The second kappa shape index (κ2) is 6.83. The van der Waals surface area contributed by atoms with E-state index in [1.165, 1.54) is 5.71 Å². The smallest absolute Gasteiger partial charge is 0.0937 e. The highest BCUT2D eigenvalue weighted by Gasteiger charge is 1.98. The van der Waals surface area contributed by atoms with Gasteiger partial charge in [-0.25, -0.2) is 0 Å². The van der Waals surface area contributed by atoms with Crippen LogP contribution in [0.1, 0.15) is 32.6 Å². The van der Waals surface area contributed by atoms with Gasteiger partial charge in [0, 0.05) is 26.2 Å². The molecule has 0 saturated carbocycles. The molecule has 0 spiro atoms. The number of nitrogens with zero attached hydrogens (tertiary/aromatic N) is 2. The summed E-state index contributed by atoms with van der Waals surface area (Å²) in [5.41, 5.74) is 6.81. The maximum atomic E-state index is 5.57. The van der Waals surface area contributed by atoms with Gasteiger partial charge < -0.3 is 5.73 Å². The van der Waals surface area contributed by atoms with Crippen LogP contribution in [0.3, 0.4) is 0 Å². The fraction of sp³-hybridized carbons (Fsp3) is 0.778. The fourth-order valence-corrected chi connectivity index (χ4v) is 1.02. The van der Waals surface area contributed by atoms with Crippen LogP contribution in [0.15, 0.2) is 9.98 Å².